The van der Waals surface area contributed by atoms with Crippen LogP contribution >= 0.6 is 0 Å². The fourth-order valence-electron chi connectivity index (χ4n) is 1.13. The number of nitrogens with one attached hydrogen (secondary N) is 1. The number of imidazole rings is 1. The van der Waals surface area contributed by atoms with Gasteiger partial charge in [0.1, 0.15) is 0 Å². The van der Waals surface area contributed by atoms with E-state index in [2.05, 4.69) is 10.3 Å². The lowest BCUT2D eigenvalue weighted by molar-refractivity contribution is -0.121. The third kappa shape index (κ3) is 3.73. The van der Waals surface area contributed by atoms with Crippen molar-refractivity contribution in [3.63, 3.8) is 0 Å². The van der Waals surface area contributed by atoms with Gasteiger partial charge in [-0.15, -0.1) is 0 Å². The van der Waals surface area contributed by atoms with Crippen LogP contribution in [0.4, 0.5) is 0 Å². The van der Waals surface area contributed by atoms with E-state index >= 15 is 0 Å². The van der Waals surface area contributed by atoms with Gasteiger partial charge in [-0.3, -0.25) is 4.79 Å². The molecule has 0 radical (unpaired) electrons. The third-order valence-corrected chi connectivity index (χ3v) is 1.75. The Kier molecular flexibility index (Phi) is 4.02. The molecule has 0 bridgehead atoms. The highest BCUT2D eigenvalue weighted by Crippen LogP contribution is 1.94. The van der Waals surface area contributed by atoms with Gasteiger partial charge in [-0.05, 0) is 13.3 Å². The third-order valence-electron chi connectivity index (χ3n) is 1.75. The zero-order chi connectivity index (χ0) is 9.52. The van der Waals surface area contributed by atoms with E-state index in [9.17, 15) is 4.79 Å². The molecule has 0 fully saturated rings. The molecule has 0 saturated carbocycles. The van der Waals surface area contributed by atoms with Gasteiger partial charge in [0.25, 0.3) is 0 Å². The van der Waals surface area contributed by atoms with Crippen LogP contribution in [0.1, 0.15) is 19.8 Å². The van der Waals surface area contributed by atoms with Gasteiger partial charge in [0.2, 0.25) is 5.91 Å². The molecule has 0 aliphatic carbocycles. The van der Waals surface area contributed by atoms with Gasteiger partial charge >= 0.3 is 0 Å². The number of amides is 1. The molecule has 1 aromatic rings. The number of hydrogen-bond donors (Lipinski definition) is 1. The van der Waals surface area contributed by atoms with E-state index in [1.54, 1.807) is 12.5 Å². The van der Waals surface area contributed by atoms with E-state index < -0.39 is 0 Å². The molecule has 0 aromatic carbocycles. The molecule has 0 aliphatic heterocycles. The summed E-state index contributed by atoms with van der Waals surface area (Å²) in [5, 5.41) is 2.76. The average molecular weight is 181 g/mol. The first-order valence-corrected chi connectivity index (χ1v) is 4.55. The smallest absolute Gasteiger partial charge is 0.220 e. The van der Waals surface area contributed by atoms with Crippen molar-refractivity contribution in [2.24, 2.45) is 0 Å². The highest BCUT2D eigenvalue weighted by atomic mass is 16.1. The maximum Gasteiger partial charge on any atom is 0.220 e. The van der Waals surface area contributed by atoms with Gasteiger partial charge in [0.05, 0.1) is 6.33 Å². The van der Waals surface area contributed by atoms with Crippen molar-refractivity contribution in [1.82, 2.24) is 14.9 Å². The second-order valence-electron chi connectivity index (χ2n) is 2.86. The summed E-state index contributed by atoms with van der Waals surface area (Å²) in [5.41, 5.74) is 0. The van der Waals surface area contributed by atoms with E-state index in [0.29, 0.717) is 13.0 Å². The van der Waals surface area contributed by atoms with Crippen LogP contribution in [0.25, 0.3) is 0 Å². The van der Waals surface area contributed by atoms with Crippen molar-refractivity contribution in [3.8, 4) is 0 Å². The minimum absolute atomic E-state index is 0.127. The lowest BCUT2D eigenvalue weighted by Gasteiger charge is -2.02. The molecule has 13 heavy (non-hydrogen) atoms. The Morgan fingerprint density at radius 1 is 1.62 bits per heavy atom. The van der Waals surface area contributed by atoms with Crippen LogP contribution in [0.15, 0.2) is 18.7 Å². The molecule has 1 N–H and O–H groups in total. The maximum atomic E-state index is 11.0. The molecule has 0 saturated heterocycles. The monoisotopic (exact) mass is 181 g/mol. The molecular formula is C9H15N3O. The summed E-state index contributed by atoms with van der Waals surface area (Å²) in [5.74, 6) is 0.127. The molecule has 0 atom stereocenters. The summed E-state index contributed by atoms with van der Waals surface area (Å²) >= 11 is 0. The van der Waals surface area contributed by atoms with Crippen LogP contribution < -0.4 is 5.32 Å². The molecule has 0 spiro atoms. The summed E-state index contributed by atoms with van der Waals surface area (Å²) in [7, 11) is 0. The Morgan fingerprint density at radius 3 is 3.08 bits per heavy atom. The van der Waals surface area contributed by atoms with E-state index in [0.717, 1.165) is 13.0 Å². The summed E-state index contributed by atoms with van der Waals surface area (Å²) in [4.78, 5) is 15.0. The SMILES string of the molecule is CCNC(=O)CCCn1ccnc1. The molecule has 4 heteroatoms. The predicted molar refractivity (Wildman–Crippen MR) is 50.1 cm³/mol. The lowest BCUT2D eigenvalue weighted by Crippen LogP contribution is -2.22. The van der Waals surface area contributed by atoms with Crippen LogP contribution in [0.3, 0.4) is 0 Å². The number of hydrogen-bond acceptors (Lipinski definition) is 2. The molecule has 1 aromatic heterocycles. The Hall–Kier alpha value is -1.32. The Balaban J connectivity index is 2.11. The Morgan fingerprint density at radius 2 is 2.46 bits per heavy atom. The lowest BCUT2D eigenvalue weighted by atomic mass is 10.3. The molecule has 1 heterocycles. The van der Waals surface area contributed by atoms with Crippen LogP contribution in [0.2, 0.25) is 0 Å². The second kappa shape index (κ2) is 5.35. The van der Waals surface area contributed by atoms with Crippen LogP contribution in [-0.4, -0.2) is 22.0 Å². The first-order valence-electron chi connectivity index (χ1n) is 4.55. The van der Waals surface area contributed by atoms with Crippen molar-refractivity contribution in [2.45, 2.75) is 26.3 Å². The molecule has 0 unspecified atom stereocenters. The zero-order valence-electron chi connectivity index (χ0n) is 7.86. The van der Waals surface area contributed by atoms with Crippen LogP contribution in [-0.2, 0) is 11.3 Å². The van der Waals surface area contributed by atoms with E-state index in [-0.39, 0.29) is 5.91 Å². The standard InChI is InChI=1S/C9H15N3O/c1-2-11-9(13)4-3-6-12-7-5-10-8-12/h5,7-8H,2-4,6H2,1H3,(H,11,13). The Bertz CT molecular complexity index is 243. The molecule has 1 amide bonds. The van der Waals surface area contributed by atoms with Gasteiger partial charge in [0, 0.05) is 31.9 Å². The fraction of sp³-hybridized carbons (Fsp3) is 0.556. The van der Waals surface area contributed by atoms with Crippen molar-refractivity contribution < 1.29 is 4.79 Å². The minimum Gasteiger partial charge on any atom is -0.356 e. The summed E-state index contributed by atoms with van der Waals surface area (Å²) < 4.78 is 1.97. The number of carbonyl (C=O) groups is 1. The second-order valence-corrected chi connectivity index (χ2v) is 2.86. The van der Waals surface area contributed by atoms with Gasteiger partial charge in [-0.2, -0.15) is 0 Å². The molecule has 0 aliphatic rings. The molecule has 72 valence electrons. The molecule has 1 rings (SSSR count). The van der Waals surface area contributed by atoms with Gasteiger partial charge in [-0.25, -0.2) is 4.98 Å². The zero-order valence-corrected chi connectivity index (χ0v) is 7.86. The highest BCUT2D eigenvalue weighted by molar-refractivity contribution is 5.75. The topological polar surface area (TPSA) is 46.9 Å². The van der Waals surface area contributed by atoms with E-state index in [1.165, 1.54) is 0 Å². The number of carbonyl (C=O) groups excluding carboxylic acids is 1. The van der Waals surface area contributed by atoms with E-state index in [1.807, 2.05) is 17.7 Å². The Labute approximate surface area is 78.0 Å². The number of rotatable bonds is 5. The van der Waals surface area contributed by atoms with Crippen LogP contribution in [0, 0.1) is 0 Å². The van der Waals surface area contributed by atoms with Crippen molar-refractivity contribution in [2.75, 3.05) is 6.54 Å². The maximum absolute atomic E-state index is 11.0. The van der Waals surface area contributed by atoms with Crippen molar-refractivity contribution >= 4 is 5.91 Å². The predicted octanol–water partition coefficient (Wildman–Crippen LogP) is 0.799. The normalized spacial score (nSPS) is 9.92. The van der Waals surface area contributed by atoms with Gasteiger partial charge < -0.3 is 9.88 Å². The molecule has 4 nitrogen and oxygen atoms in total. The van der Waals surface area contributed by atoms with Crippen molar-refractivity contribution in [1.29, 1.82) is 0 Å². The fourth-order valence-corrected chi connectivity index (χ4v) is 1.13. The van der Waals surface area contributed by atoms with Gasteiger partial charge in [-0.1, -0.05) is 0 Å². The van der Waals surface area contributed by atoms with E-state index in [4.69, 9.17) is 0 Å². The quantitative estimate of drug-likeness (QED) is 0.730. The van der Waals surface area contributed by atoms with Crippen molar-refractivity contribution in [3.05, 3.63) is 18.7 Å². The number of aromatic nitrogens is 2. The summed E-state index contributed by atoms with van der Waals surface area (Å²) in [6.07, 6.45) is 6.86. The minimum atomic E-state index is 0.127. The first-order chi connectivity index (χ1) is 6.33. The first kappa shape index (κ1) is 9.77. The number of nitrogens with zero attached hydrogens (tertiary/aromatic N) is 2. The molecular weight excluding hydrogens is 166 g/mol. The number of aryl methyl sites for hydroxylation is 1. The highest BCUT2D eigenvalue weighted by Gasteiger charge is 1.98. The van der Waals surface area contributed by atoms with Crippen LogP contribution in [0.5, 0.6) is 0 Å². The largest absolute Gasteiger partial charge is 0.356 e. The average Bonchev–Trinajstić information content (AvgIpc) is 2.57. The van der Waals surface area contributed by atoms with Gasteiger partial charge in [0.15, 0.2) is 0 Å². The summed E-state index contributed by atoms with van der Waals surface area (Å²) in [6.45, 7) is 3.49. The summed E-state index contributed by atoms with van der Waals surface area (Å²) in [6, 6.07) is 0.